The average Bonchev–Trinajstić information content (AvgIpc) is 2.90. The molecule has 0 unspecified atom stereocenters. The van der Waals surface area contributed by atoms with Crippen LogP contribution in [0.5, 0.6) is 0 Å². The van der Waals surface area contributed by atoms with Crippen LogP contribution in [0.4, 0.5) is 0 Å². The Hall–Kier alpha value is -2.32. The van der Waals surface area contributed by atoms with Crippen LogP contribution in [-0.2, 0) is 0 Å². The third-order valence-corrected chi connectivity index (χ3v) is 10.7. The quantitative estimate of drug-likeness (QED) is 0.248. The fraction of sp³-hybridized carbons (Fsp3) is 0.0323. The zero-order chi connectivity index (χ0) is 24.9. The van der Waals surface area contributed by atoms with E-state index >= 15 is 0 Å². The van der Waals surface area contributed by atoms with Crippen molar-refractivity contribution < 1.29 is 4.70 Å². The van der Waals surface area contributed by atoms with Crippen LogP contribution in [0.1, 0.15) is 12.0 Å². The molecule has 0 spiro atoms. The van der Waals surface area contributed by atoms with Crippen molar-refractivity contribution in [3.8, 4) is 0 Å². The summed E-state index contributed by atoms with van der Waals surface area (Å²) in [5, 5.41) is 6.24. The molecule has 5 rings (SSSR count). The SMILES string of the molecule is ClC1=C(Sc2ccc([PH+](c3ccc(Cl)cc3)c3ccc(Cl)cc3)cc2)C=CC(=Cc2ccccc2)C1.[F-]. The van der Waals surface area contributed by atoms with Crippen LogP contribution < -0.4 is 20.6 Å². The van der Waals surface area contributed by atoms with Crippen LogP contribution in [0, 0.1) is 0 Å². The normalized spacial score (nSPS) is 14.2. The first-order valence-corrected chi connectivity index (χ1v) is 15.0. The summed E-state index contributed by atoms with van der Waals surface area (Å²) >= 11 is 20.8. The van der Waals surface area contributed by atoms with E-state index in [1.54, 1.807) is 11.8 Å². The summed E-state index contributed by atoms with van der Waals surface area (Å²) in [6.45, 7) is 0. The van der Waals surface area contributed by atoms with Gasteiger partial charge in [-0.2, -0.15) is 0 Å². The molecule has 0 bridgehead atoms. The van der Waals surface area contributed by atoms with Crippen LogP contribution >= 0.6 is 54.5 Å². The van der Waals surface area contributed by atoms with Crippen molar-refractivity contribution in [1.29, 1.82) is 0 Å². The molecule has 0 radical (unpaired) electrons. The van der Waals surface area contributed by atoms with Crippen molar-refractivity contribution in [2.45, 2.75) is 11.3 Å². The summed E-state index contributed by atoms with van der Waals surface area (Å²) < 4.78 is 0. The van der Waals surface area contributed by atoms with Gasteiger partial charge in [0.25, 0.3) is 0 Å². The van der Waals surface area contributed by atoms with Crippen LogP contribution in [-0.4, -0.2) is 0 Å². The fourth-order valence-corrected chi connectivity index (χ4v) is 8.03. The Bertz CT molecular complexity index is 1380. The second kappa shape index (κ2) is 13.0. The predicted octanol–water partition coefficient (Wildman–Crippen LogP) is 6.07. The molecule has 186 valence electrons. The molecule has 0 aromatic heterocycles. The lowest BCUT2D eigenvalue weighted by Crippen LogP contribution is -3.00. The molecule has 0 saturated carbocycles. The maximum atomic E-state index is 6.71. The zero-order valence-corrected chi connectivity index (χ0v) is 23.8. The Morgan fingerprint density at radius 1 is 0.622 bits per heavy atom. The second-order valence-electron chi connectivity index (χ2n) is 8.42. The number of hydrogen-bond acceptors (Lipinski definition) is 1. The molecule has 4 aromatic rings. The number of benzene rings is 4. The van der Waals surface area contributed by atoms with Gasteiger partial charge in [0.05, 0.1) is 7.92 Å². The van der Waals surface area contributed by atoms with Crippen LogP contribution in [0.3, 0.4) is 0 Å². The molecule has 0 aliphatic heterocycles. The lowest BCUT2D eigenvalue weighted by atomic mass is 10.0. The van der Waals surface area contributed by atoms with Crippen molar-refractivity contribution in [3.05, 3.63) is 146 Å². The molecule has 0 amide bonds. The van der Waals surface area contributed by atoms with Crippen molar-refractivity contribution >= 4 is 76.5 Å². The molecule has 0 nitrogen and oxygen atoms in total. The van der Waals surface area contributed by atoms with Gasteiger partial charge >= 0.3 is 0 Å². The Kier molecular flexibility index (Phi) is 9.71. The number of rotatable bonds is 6. The topological polar surface area (TPSA) is 0 Å². The van der Waals surface area contributed by atoms with E-state index < -0.39 is 7.92 Å². The van der Waals surface area contributed by atoms with Gasteiger partial charge in [-0.1, -0.05) is 89.0 Å². The highest BCUT2D eigenvalue weighted by Gasteiger charge is 2.25. The van der Waals surface area contributed by atoms with Gasteiger partial charge in [0.2, 0.25) is 0 Å². The van der Waals surface area contributed by atoms with Gasteiger partial charge < -0.3 is 4.70 Å². The predicted molar refractivity (Wildman–Crippen MR) is 163 cm³/mol. The lowest BCUT2D eigenvalue weighted by Gasteiger charge is -2.14. The molecule has 0 N–H and O–H groups in total. The van der Waals surface area contributed by atoms with Crippen LogP contribution in [0.15, 0.2) is 136 Å². The van der Waals surface area contributed by atoms with Gasteiger partial charge in [0, 0.05) is 31.3 Å². The maximum absolute atomic E-state index is 6.71. The van der Waals surface area contributed by atoms with Gasteiger partial charge in [0.1, 0.15) is 15.9 Å². The van der Waals surface area contributed by atoms with Crippen molar-refractivity contribution in [3.63, 3.8) is 0 Å². The molecule has 0 saturated heterocycles. The van der Waals surface area contributed by atoms with E-state index in [1.807, 2.05) is 42.5 Å². The summed E-state index contributed by atoms with van der Waals surface area (Å²) in [4.78, 5) is 2.26. The van der Waals surface area contributed by atoms with Gasteiger partial charge in [0.15, 0.2) is 0 Å². The van der Waals surface area contributed by atoms with E-state index in [-0.39, 0.29) is 4.70 Å². The fourth-order valence-electron chi connectivity index (χ4n) is 4.10. The molecular formula is C31H23Cl3FPS. The standard InChI is InChI=1S/C31H22Cl3PS.FH/c32-24-7-11-26(12-8-24)35(27-13-9-25(33)10-14-27)28-15-17-29(18-16-28)36-31-19-6-23(21-30(31)34)20-22-4-2-1-3-5-22;/h1-20H,21H2;1H. The summed E-state index contributed by atoms with van der Waals surface area (Å²) in [5.41, 5.74) is 2.40. The number of hydrogen-bond donors (Lipinski definition) is 0. The summed E-state index contributed by atoms with van der Waals surface area (Å²) in [6.07, 6.45) is 7.22. The zero-order valence-electron chi connectivity index (χ0n) is 19.7. The monoisotopic (exact) mass is 582 g/mol. The van der Waals surface area contributed by atoms with E-state index in [9.17, 15) is 0 Å². The van der Waals surface area contributed by atoms with E-state index in [0.29, 0.717) is 0 Å². The Morgan fingerprint density at radius 2 is 1.14 bits per heavy atom. The molecule has 0 fully saturated rings. The molecule has 0 heterocycles. The minimum Gasteiger partial charge on any atom is -1.00 e. The number of thioether (sulfide) groups is 1. The highest BCUT2D eigenvalue weighted by molar-refractivity contribution is 8.03. The number of halogens is 4. The molecular weight excluding hydrogens is 561 g/mol. The minimum atomic E-state index is -1.19. The van der Waals surface area contributed by atoms with Crippen LogP contribution in [0.2, 0.25) is 10.0 Å². The highest BCUT2D eigenvalue weighted by Crippen LogP contribution is 2.39. The van der Waals surface area contributed by atoms with Gasteiger partial charge in [-0.3, -0.25) is 0 Å². The molecule has 1 aliphatic rings. The Balaban J connectivity index is 0.00000320. The summed E-state index contributed by atoms with van der Waals surface area (Å²) in [5.74, 6) is 0. The molecule has 6 heteroatoms. The third kappa shape index (κ3) is 7.17. The van der Waals surface area contributed by atoms with Gasteiger partial charge in [-0.05, 0) is 90.0 Å². The molecule has 0 atom stereocenters. The Morgan fingerprint density at radius 3 is 1.65 bits per heavy atom. The first kappa shape index (κ1) is 27.7. The van der Waals surface area contributed by atoms with E-state index in [1.165, 1.54) is 31.9 Å². The van der Waals surface area contributed by atoms with E-state index in [0.717, 1.165) is 26.4 Å². The average molecular weight is 584 g/mol. The molecule has 37 heavy (non-hydrogen) atoms. The Labute approximate surface area is 237 Å². The van der Waals surface area contributed by atoms with E-state index in [4.69, 9.17) is 34.8 Å². The summed E-state index contributed by atoms with van der Waals surface area (Å²) in [7, 11) is -1.19. The molecule has 4 aromatic carbocycles. The minimum absolute atomic E-state index is 0. The number of allylic oxidation sites excluding steroid dienone is 4. The van der Waals surface area contributed by atoms with Crippen molar-refractivity contribution in [2.75, 3.05) is 0 Å². The van der Waals surface area contributed by atoms with Crippen molar-refractivity contribution in [1.82, 2.24) is 0 Å². The first-order valence-electron chi connectivity index (χ1n) is 11.5. The van der Waals surface area contributed by atoms with Crippen molar-refractivity contribution in [2.24, 2.45) is 0 Å². The van der Waals surface area contributed by atoms with Gasteiger partial charge in [-0.15, -0.1) is 0 Å². The van der Waals surface area contributed by atoms with E-state index in [2.05, 4.69) is 78.9 Å². The first-order chi connectivity index (χ1) is 17.5. The summed E-state index contributed by atoms with van der Waals surface area (Å²) in [6, 6.07) is 35.6. The third-order valence-electron chi connectivity index (χ3n) is 5.86. The molecule has 1 aliphatic carbocycles. The van der Waals surface area contributed by atoms with Crippen LogP contribution in [0.25, 0.3) is 6.08 Å². The highest BCUT2D eigenvalue weighted by atomic mass is 35.5. The second-order valence-corrected chi connectivity index (χ2v) is 13.4. The lowest BCUT2D eigenvalue weighted by molar-refractivity contribution is -0.00000648. The largest absolute Gasteiger partial charge is 1.00 e. The van der Waals surface area contributed by atoms with Gasteiger partial charge in [-0.25, -0.2) is 0 Å². The maximum Gasteiger partial charge on any atom is 0.102 e. The smallest absolute Gasteiger partial charge is 0.102 e.